The van der Waals surface area contributed by atoms with E-state index in [2.05, 4.69) is 4.98 Å². The van der Waals surface area contributed by atoms with Gasteiger partial charge in [-0.3, -0.25) is 9.59 Å². The first-order chi connectivity index (χ1) is 10.6. The van der Waals surface area contributed by atoms with E-state index in [0.29, 0.717) is 30.8 Å². The average Bonchev–Trinajstić information content (AvgIpc) is 3.05. The molecule has 1 N–H and O–H groups in total. The predicted molar refractivity (Wildman–Crippen MR) is 83.8 cm³/mol. The van der Waals surface area contributed by atoms with Gasteiger partial charge in [0.05, 0.1) is 12.1 Å². The summed E-state index contributed by atoms with van der Waals surface area (Å²) in [5, 5.41) is 9.82. The van der Waals surface area contributed by atoms with Crippen LogP contribution in [-0.4, -0.2) is 40.0 Å². The van der Waals surface area contributed by atoms with Crippen LogP contribution in [0.5, 0.6) is 0 Å². The van der Waals surface area contributed by atoms with E-state index in [1.165, 1.54) is 11.3 Å². The number of amides is 1. The van der Waals surface area contributed by atoms with Crippen molar-refractivity contribution in [1.82, 2.24) is 9.88 Å². The van der Waals surface area contributed by atoms with Gasteiger partial charge in [-0.15, -0.1) is 11.3 Å². The molecule has 1 aromatic carbocycles. The van der Waals surface area contributed by atoms with Crippen molar-refractivity contribution >= 4 is 23.2 Å². The number of rotatable bonds is 3. The SMILES string of the molecule is O=C(O)C1CCN(C(=O)c2cnc(-c3ccccc3)s2)CC1. The molecule has 0 atom stereocenters. The molecule has 1 aromatic heterocycles. The molecule has 0 unspecified atom stereocenters. The smallest absolute Gasteiger partial charge is 0.306 e. The zero-order valence-corrected chi connectivity index (χ0v) is 12.8. The van der Waals surface area contributed by atoms with Crippen molar-refractivity contribution in [3.63, 3.8) is 0 Å². The van der Waals surface area contributed by atoms with Crippen LogP contribution in [0.4, 0.5) is 0 Å². The Balaban J connectivity index is 1.69. The lowest BCUT2D eigenvalue weighted by molar-refractivity contribution is -0.143. The van der Waals surface area contributed by atoms with Gasteiger partial charge in [0.2, 0.25) is 0 Å². The summed E-state index contributed by atoms with van der Waals surface area (Å²) in [4.78, 5) is 30.1. The Morgan fingerprint density at radius 3 is 2.50 bits per heavy atom. The summed E-state index contributed by atoms with van der Waals surface area (Å²) in [6, 6.07) is 9.75. The maximum absolute atomic E-state index is 12.5. The molecule has 0 spiro atoms. The monoisotopic (exact) mass is 316 g/mol. The fourth-order valence-electron chi connectivity index (χ4n) is 2.57. The Hall–Kier alpha value is -2.21. The molecular formula is C16H16N2O3S. The Labute approximate surface area is 132 Å². The number of piperidine rings is 1. The molecule has 0 bridgehead atoms. The second kappa shape index (κ2) is 6.27. The Bertz CT molecular complexity index is 676. The van der Waals surface area contributed by atoms with Gasteiger partial charge in [-0.2, -0.15) is 0 Å². The lowest BCUT2D eigenvalue weighted by atomic mass is 9.97. The maximum atomic E-state index is 12.5. The van der Waals surface area contributed by atoms with Crippen molar-refractivity contribution in [2.24, 2.45) is 5.92 Å². The quantitative estimate of drug-likeness (QED) is 0.945. The third kappa shape index (κ3) is 3.01. The normalized spacial score (nSPS) is 15.7. The van der Waals surface area contributed by atoms with Gasteiger partial charge in [0.15, 0.2) is 0 Å². The van der Waals surface area contributed by atoms with Crippen LogP contribution < -0.4 is 0 Å². The van der Waals surface area contributed by atoms with E-state index in [4.69, 9.17) is 5.11 Å². The van der Waals surface area contributed by atoms with E-state index >= 15 is 0 Å². The van der Waals surface area contributed by atoms with Gasteiger partial charge in [0, 0.05) is 18.7 Å². The molecular weight excluding hydrogens is 300 g/mol. The molecule has 22 heavy (non-hydrogen) atoms. The van der Waals surface area contributed by atoms with Gasteiger partial charge in [-0.25, -0.2) is 4.98 Å². The molecule has 1 fully saturated rings. The van der Waals surface area contributed by atoms with Gasteiger partial charge in [0.1, 0.15) is 9.88 Å². The van der Waals surface area contributed by atoms with Crippen molar-refractivity contribution in [1.29, 1.82) is 0 Å². The summed E-state index contributed by atoms with van der Waals surface area (Å²) in [6.07, 6.45) is 2.65. The summed E-state index contributed by atoms with van der Waals surface area (Å²) in [5.74, 6) is -1.15. The molecule has 1 aliphatic rings. The molecule has 0 aliphatic carbocycles. The standard InChI is InChI=1S/C16H16N2O3S/c19-15(18-8-6-12(7-9-18)16(20)21)13-10-17-14(22-13)11-4-2-1-3-5-11/h1-5,10,12H,6-9H2,(H,20,21). The van der Waals surface area contributed by atoms with Crippen LogP contribution >= 0.6 is 11.3 Å². The van der Waals surface area contributed by atoms with Gasteiger partial charge in [-0.1, -0.05) is 30.3 Å². The first-order valence-corrected chi connectivity index (χ1v) is 8.00. The number of nitrogens with zero attached hydrogens (tertiary/aromatic N) is 2. The van der Waals surface area contributed by atoms with E-state index in [-0.39, 0.29) is 11.8 Å². The molecule has 1 aliphatic heterocycles. The van der Waals surface area contributed by atoms with Crippen LogP contribution in [0.25, 0.3) is 10.6 Å². The maximum Gasteiger partial charge on any atom is 0.306 e. The number of carbonyl (C=O) groups excluding carboxylic acids is 1. The first kappa shape index (κ1) is 14.7. The molecule has 3 rings (SSSR count). The second-order valence-corrected chi connectivity index (χ2v) is 6.33. The summed E-state index contributed by atoms with van der Waals surface area (Å²) in [7, 11) is 0. The van der Waals surface area contributed by atoms with Gasteiger partial charge >= 0.3 is 5.97 Å². The Kier molecular flexibility index (Phi) is 4.20. The highest BCUT2D eigenvalue weighted by Crippen LogP contribution is 2.27. The number of aromatic nitrogens is 1. The molecule has 0 radical (unpaired) electrons. The number of carboxylic acid groups (broad SMARTS) is 1. The molecule has 1 amide bonds. The van der Waals surface area contributed by atoms with Crippen molar-refractivity contribution in [2.75, 3.05) is 13.1 Å². The minimum Gasteiger partial charge on any atom is -0.481 e. The third-order valence-corrected chi connectivity index (χ3v) is 4.90. The fourth-order valence-corrected chi connectivity index (χ4v) is 3.46. The number of aliphatic carboxylic acids is 1. The number of likely N-dealkylation sites (tertiary alicyclic amines) is 1. The third-order valence-electron chi connectivity index (χ3n) is 3.87. The number of benzene rings is 1. The number of hydrogen-bond donors (Lipinski definition) is 1. The Morgan fingerprint density at radius 1 is 1.18 bits per heavy atom. The van der Waals surface area contributed by atoms with Crippen LogP contribution in [0, 0.1) is 5.92 Å². The highest BCUT2D eigenvalue weighted by Gasteiger charge is 2.28. The van der Waals surface area contributed by atoms with E-state index in [1.807, 2.05) is 30.3 Å². The number of carboxylic acids is 1. The van der Waals surface area contributed by atoms with E-state index in [0.717, 1.165) is 10.6 Å². The topological polar surface area (TPSA) is 70.5 Å². The number of hydrogen-bond acceptors (Lipinski definition) is 4. The van der Waals surface area contributed by atoms with Crippen LogP contribution in [-0.2, 0) is 4.79 Å². The predicted octanol–water partition coefficient (Wildman–Crippen LogP) is 2.75. The molecule has 2 aromatic rings. The summed E-state index contributed by atoms with van der Waals surface area (Å²) in [6.45, 7) is 0.989. The zero-order chi connectivity index (χ0) is 15.5. The van der Waals surface area contributed by atoms with Crippen molar-refractivity contribution in [3.8, 4) is 10.6 Å². The summed E-state index contributed by atoms with van der Waals surface area (Å²) < 4.78 is 0. The molecule has 2 heterocycles. The van der Waals surface area contributed by atoms with Gasteiger partial charge < -0.3 is 10.0 Å². The van der Waals surface area contributed by atoms with Crippen LogP contribution in [0.2, 0.25) is 0 Å². The lowest BCUT2D eigenvalue weighted by Gasteiger charge is -2.29. The molecule has 6 heteroatoms. The minimum atomic E-state index is -0.767. The van der Waals surface area contributed by atoms with Crippen molar-refractivity contribution in [3.05, 3.63) is 41.4 Å². The number of carbonyl (C=O) groups is 2. The molecule has 1 saturated heterocycles. The average molecular weight is 316 g/mol. The zero-order valence-electron chi connectivity index (χ0n) is 11.9. The van der Waals surface area contributed by atoms with Gasteiger partial charge in [0.25, 0.3) is 5.91 Å². The van der Waals surface area contributed by atoms with Crippen LogP contribution in [0.15, 0.2) is 36.5 Å². The second-order valence-electron chi connectivity index (χ2n) is 5.30. The van der Waals surface area contributed by atoms with Crippen LogP contribution in [0.1, 0.15) is 22.5 Å². The first-order valence-electron chi connectivity index (χ1n) is 7.18. The van der Waals surface area contributed by atoms with E-state index in [9.17, 15) is 9.59 Å². The molecule has 5 nitrogen and oxygen atoms in total. The van der Waals surface area contributed by atoms with Crippen molar-refractivity contribution < 1.29 is 14.7 Å². The summed E-state index contributed by atoms with van der Waals surface area (Å²) in [5.41, 5.74) is 0.996. The van der Waals surface area contributed by atoms with E-state index in [1.54, 1.807) is 11.1 Å². The van der Waals surface area contributed by atoms with Crippen molar-refractivity contribution in [2.45, 2.75) is 12.8 Å². The fraction of sp³-hybridized carbons (Fsp3) is 0.312. The highest BCUT2D eigenvalue weighted by atomic mass is 32.1. The van der Waals surface area contributed by atoms with E-state index < -0.39 is 5.97 Å². The number of thiazole rings is 1. The lowest BCUT2D eigenvalue weighted by Crippen LogP contribution is -2.39. The molecule has 114 valence electrons. The molecule has 0 saturated carbocycles. The largest absolute Gasteiger partial charge is 0.481 e. The van der Waals surface area contributed by atoms with Gasteiger partial charge in [-0.05, 0) is 12.8 Å². The van der Waals surface area contributed by atoms with Crippen LogP contribution in [0.3, 0.4) is 0 Å². The summed E-state index contributed by atoms with van der Waals surface area (Å²) >= 11 is 1.38. The Morgan fingerprint density at radius 2 is 1.86 bits per heavy atom. The minimum absolute atomic E-state index is 0.0523. The highest BCUT2D eigenvalue weighted by molar-refractivity contribution is 7.16.